The summed E-state index contributed by atoms with van der Waals surface area (Å²) in [5.41, 5.74) is 1.41. The van der Waals surface area contributed by atoms with Crippen LogP contribution in [0.4, 0.5) is 0 Å². The first-order valence-electron chi connectivity index (χ1n) is 5.10. The summed E-state index contributed by atoms with van der Waals surface area (Å²) in [5, 5.41) is 7.52. The molecule has 1 N–H and O–H groups in total. The second kappa shape index (κ2) is 4.75. The molecule has 0 heterocycles. The van der Waals surface area contributed by atoms with E-state index < -0.39 is 3.79 Å². The number of hydrogen-bond acceptors (Lipinski definition) is 2. The predicted octanol–water partition coefficient (Wildman–Crippen LogP) is 4.49. The Morgan fingerprint density at radius 1 is 1.50 bits per heavy atom. The molecule has 1 rings (SSSR count). The molecule has 0 spiro atoms. The highest BCUT2D eigenvalue weighted by atomic mass is 35.6. The molecule has 0 aliphatic heterocycles. The molecule has 92 valence electrons. The molecule has 16 heavy (non-hydrogen) atoms. The van der Waals surface area contributed by atoms with Gasteiger partial charge in [-0.1, -0.05) is 54.2 Å². The zero-order valence-corrected chi connectivity index (χ0v) is 11.9. The number of allylic oxidation sites excluding steroid dienone is 1. The van der Waals surface area contributed by atoms with E-state index in [0.29, 0.717) is 0 Å². The smallest absolute Gasteiger partial charge is 0.265 e. The van der Waals surface area contributed by atoms with Gasteiger partial charge in [0.15, 0.2) is 0 Å². The molecule has 0 amide bonds. The van der Waals surface area contributed by atoms with E-state index in [-0.39, 0.29) is 17.4 Å². The van der Waals surface area contributed by atoms with Crippen LogP contribution in [0, 0.1) is 10.8 Å². The van der Waals surface area contributed by atoms with Crippen LogP contribution < -0.4 is 0 Å². The Hall–Kier alpha value is 0.0800. The van der Waals surface area contributed by atoms with Crippen LogP contribution in [0.2, 0.25) is 0 Å². The quantitative estimate of drug-likeness (QED) is 0.327. The van der Waals surface area contributed by atoms with Crippen LogP contribution in [-0.4, -0.2) is 15.8 Å². The maximum absolute atomic E-state index is 7.52. The van der Waals surface area contributed by atoms with Gasteiger partial charge in [-0.25, -0.2) is 0 Å². The summed E-state index contributed by atoms with van der Waals surface area (Å²) in [6.45, 7) is 6.38. The topological polar surface area (TPSA) is 33.1 Å². The fraction of sp³-hybridized carbons (Fsp3) is 0.727. The van der Waals surface area contributed by atoms with Crippen molar-refractivity contribution in [2.45, 2.75) is 43.5 Å². The normalized spacial score (nSPS) is 24.9. The van der Waals surface area contributed by atoms with E-state index in [4.69, 9.17) is 44.9 Å². The van der Waals surface area contributed by atoms with Gasteiger partial charge in [0, 0.05) is 0 Å². The number of hydrogen-bond donors (Lipinski definition) is 1. The molecule has 0 radical (unpaired) electrons. The first-order valence-corrected chi connectivity index (χ1v) is 6.23. The van der Waals surface area contributed by atoms with Crippen molar-refractivity contribution in [3.63, 3.8) is 0 Å². The van der Waals surface area contributed by atoms with Crippen molar-refractivity contribution >= 4 is 40.7 Å². The Morgan fingerprint density at radius 2 is 2.06 bits per heavy atom. The molecular formula is C11H16Cl3NO. The van der Waals surface area contributed by atoms with Gasteiger partial charge >= 0.3 is 0 Å². The van der Waals surface area contributed by atoms with E-state index in [9.17, 15) is 0 Å². The Labute approximate surface area is 111 Å². The van der Waals surface area contributed by atoms with E-state index in [1.54, 1.807) is 0 Å². The standard InChI is InChI=1S/C11H16Cl3NO/c1-7-4-8(6-10(2,3)5-7)16-9(15)11(12,13)14/h4,8,15H,5-6H2,1-3H3. The molecule has 2 nitrogen and oxygen atoms in total. The molecule has 0 aromatic heterocycles. The molecule has 1 atom stereocenters. The lowest BCUT2D eigenvalue weighted by Gasteiger charge is -2.34. The summed E-state index contributed by atoms with van der Waals surface area (Å²) in [4.78, 5) is 0. The van der Waals surface area contributed by atoms with Crippen molar-refractivity contribution in [2.75, 3.05) is 0 Å². The molecule has 0 aromatic carbocycles. The van der Waals surface area contributed by atoms with Crippen LogP contribution in [0.1, 0.15) is 33.6 Å². The van der Waals surface area contributed by atoms with E-state index >= 15 is 0 Å². The predicted molar refractivity (Wildman–Crippen MR) is 69.7 cm³/mol. The van der Waals surface area contributed by atoms with Crippen LogP contribution in [0.5, 0.6) is 0 Å². The van der Waals surface area contributed by atoms with Gasteiger partial charge in [-0.15, -0.1) is 0 Å². The van der Waals surface area contributed by atoms with Crippen molar-refractivity contribution in [1.82, 2.24) is 0 Å². The molecule has 0 bridgehead atoms. The number of nitrogens with one attached hydrogen (secondary N) is 1. The van der Waals surface area contributed by atoms with Crippen LogP contribution in [0.25, 0.3) is 0 Å². The lowest BCUT2D eigenvalue weighted by atomic mass is 9.76. The van der Waals surface area contributed by atoms with Crippen LogP contribution >= 0.6 is 34.8 Å². The van der Waals surface area contributed by atoms with E-state index in [1.165, 1.54) is 5.57 Å². The molecule has 1 aliphatic carbocycles. The third-order valence-corrected chi connectivity index (χ3v) is 3.02. The summed E-state index contributed by atoms with van der Waals surface area (Å²) in [7, 11) is 0. The monoisotopic (exact) mass is 283 g/mol. The number of ether oxygens (including phenoxy) is 1. The molecule has 0 aromatic rings. The van der Waals surface area contributed by atoms with Crippen molar-refractivity contribution < 1.29 is 4.74 Å². The molecule has 1 unspecified atom stereocenters. The Bertz CT molecular complexity index is 318. The molecule has 0 fully saturated rings. The third kappa shape index (κ3) is 4.15. The number of halogens is 3. The fourth-order valence-corrected chi connectivity index (χ4v) is 2.23. The molecule has 1 aliphatic rings. The van der Waals surface area contributed by atoms with Crippen LogP contribution in [0.15, 0.2) is 11.6 Å². The maximum Gasteiger partial charge on any atom is 0.265 e. The Kier molecular flexibility index (Phi) is 4.20. The lowest BCUT2D eigenvalue weighted by Crippen LogP contribution is -2.32. The largest absolute Gasteiger partial charge is 0.470 e. The fourth-order valence-electron chi connectivity index (χ4n) is 2.10. The van der Waals surface area contributed by atoms with Gasteiger partial charge < -0.3 is 4.74 Å². The highest BCUT2D eigenvalue weighted by molar-refractivity contribution is 6.76. The van der Waals surface area contributed by atoms with Crippen molar-refractivity contribution in [1.29, 1.82) is 5.41 Å². The second-order valence-electron chi connectivity index (χ2n) is 5.04. The summed E-state index contributed by atoms with van der Waals surface area (Å²) >= 11 is 16.7. The van der Waals surface area contributed by atoms with Gasteiger partial charge in [-0.3, -0.25) is 5.41 Å². The molecular weight excluding hydrogens is 268 g/mol. The maximum atomic E-state index is 7.52. The Morgan fingerprint density at radius 3 is 2.50 bits per heavy atom. The van der Waals surface area contributed by atoms with Gasteiger partial charge in [-0.2, -0.15) is 0 Å². The van der Waals surface area contributed by atoms with E-state index in [0.717, 1.165) is 12.8 Å². The minimum Gasteiger partial charge on any atom is -0.470 e. The van der Waals surface area contributed by atoms with Crippen molar-refractivity contribution in [2.24, 2.45) is 5.41 Å². The third-order valence-electron chi connectivity index (χ3n) is 2.51. The zero-order chi connectivity index (χ0) is 12.6. The van der Waals surface area contributed by atoms with Gasteiger partial charge in [0.2, 0.25) is 5.90 Å². The average molecular weight is 285 g/mol. The number of alkyl halides is 3. The van der Waals surface area contributed by atoms with Crippen LogP contribution in [0.3, 0.4) is 0 Å². The minimum absolute atomic E-state index is 0.164. The first kappa shape index (κ1) is 14.1. The van der Waals surface area contributed by atoms with Crippen LogP contribution in [-0.2, 0) is 4.74 Å². The molecule has 5 heteroatoms. The Balaban J connectivity index is 2.69. The highest BCUT2D eigenvalue weighted by Gasteiger charge is 2.34. The van der Waals surface area contributed by atoms with E-state index in [1.807, 2.05) is 6.08 Å². The minimum atomic E-state index is -1.77. The number of rotatable bonds is 1. The lowest BCUT2D eigenvalue weighted by molar-refractivity contribution is 0.145. The highest BCUT2D eigenvalue weighted by Crippen LogP contribution is 2.37. The molecule has 0 saturated heterocycles. The SMILES string of the molecule is CC1=CC(OC(=N)C(Cl)(Cl)Cl)CC(C)(C)C1. The molecule has 0 saturated carbocycles. The summed E-state index contributed by atoms with van der Waals surface area (Å²) in [6, 6.07) is 0. The summed E-state index contributed by atoms with van der Waals surface area (Å²) < 4.78 is 3.60. The van der Waals surface area contributed by atoms with Gasteiger partial charge in [0.25, 0.3) is 3.79 Å². The van der Waals surface area contributed by atoms with Crippen molar-refractivity contribution in [3.8, 4) is 0 Å². The van der Waals surface area contributed by atoms with E-state index in [2.05, 4.69) is 20.8 Å². The second-order valence-corrected chi connectivity index (χ2v) is 7.32. The zero-order valence-electron chi connectivity index (χ0n) is 9.61. The average Bonchev–Trinajstić information content (AvgIpc) is 1.97. The van der Waals surface area contributed by atoms with Gasteiger partial charge in [0.1, 0.15) is 6.10 Å². The van der Waals surface area contributed by atoms with Gasteiger partial charge in [0.05, 0.1) is 0 Å². The van der Waals surface area contributed by atoms with Crippen molar-refractivity contribution in [3.05, 3.63) is 11.6 Å². The summed E-state index contributed by atoms with van der Waals surface area (Å²) in [5.74, 6) is -0.316. The first-order chi connectivity index (χ1) is 7.10. The summed E-state index contributed by atoms with van der Waals surface area (Å²) in [6.07, 6.45) is 3.68. The van der Waals surface area contributed by atoms with Gasteiger partial charge in [-0.05, 0) is 31.3 Å².